The maximum absolute atomic E-state index is 13.6. The summed E-state index contributed by atoms with van der Waals surface area (Å²) in [7, 11) is 0. The van der Waals surface area contributed by atoms with Gasteiger partial charge in [-0.3, -0.25) is 4.79 Å². The van der Waals surface area contributed by atoms with E-state index in [2.05, 4.69) is 21.2 Å². The number of hydrogen-bond donors (Lipinski definition) is 1. The molecule has 0 saturated heterocycles. The van der Waals surface area contributed by atoms with Crippen molar-refractivity contribution < 1.29 is 9.18 Å². The molecule has 0 bridgehead atoms. The molecule has 1 N–H and O–H groups in total. The molecule has 0 saturated carbocycles. The van der Waals surface area contributed by atoms with Gasteiger partial charge in [0.25, 0.3) is 0 Å². The molecule has 0 spiro atoms. The Balaban J connectivity index is 2.06. The number of aryl methyl sites for hydroxylation is 2. The van der Waals surface area contributed by atoms with E-state index in [1.54, 1.807) is 18.2 Å². The first-order valence-corrected chi connectivity index (χ1v) is 7.26. The molecule has 4 heteroatoms. The fraction of sp³-hybridized carbons (Fsp3) is 0.118. The van der Waals surface area contributed by atoms with Crippen LogP contribution in [0.5, 0.6) is 0 Å². The minimum Gasteiger partial charge on any atom is -0.359 e. The van der Waals surface area contributed by atoms with Crippen LogP contribution in [0.25, 0.3) is 0 Å². The van der Waals surface area contributed by atoms with Gasteiger partial charge in [-0.05, 0) is 49.2 Å². The van der Waals surface area contributed by atoms with Crippen LogP contribution in [0.4, 0.5) is 10.1 Å². The van der Waals surface area contributed by atoms with Crippen molar-refractivity contribution in [2.24, 2.45) is 0 Å². The van der Waals surface area contributed by atoms with Gasteiger partial charge in [0.15, 0.2) is 5.78 Å². The Labute approximate surface area is 131 Å². The summed E-state index contributed by atoms with van der Waals surface area (Å²) >= 11 is 3.19. The van der Waals surface area contributed by atoms with Crippen LogP contribution in [-0.2, 0) is 0 Å². The molecule has 0 aliphatic heterocycles. The van der Waals surface area contributed by atoms with E-state index in [4.69, 9.17) is 0 Å². The van der Waals surface area contributed by atoms with Crippen LogP contribution in [0, 0.1) is 19.7 Å². The third-order valence-corrected chi connectivity index (χ3v) is 3.69. The van der Waals surface area contributed by atoms with Gasteiger partial charge in [-0.2, -0.15) is 0 Å². The van der Waals surface area contributed by atoms with E-state index >= 15 is 0 Å². The van der Waals surface area contributed by atoms with Crippen molar-refractivity contribution in [1.82, 2.24) is 0 Å². The summed E-state index contributed by atoms with van der Waals surface area (Å²) in [5.41, 5.74) is 3.15. The first-order chi connectivity index (χ1) is 9.97. The van der Waals surface area contributed by atoms with Gasteiger partial charge in [0, 0.05) is 22.3 Å². The molecule has 0 atom stereocenters. The molecule has 0 aliphatic carbocycles. The fourth-order valence-electron chi connectivity index (χ4n) is 1.80. The summed E-state index contributed by atoms with van der Waals surface area (Å²) < 4.78 is 14.3. The summed E-state index contributed by atoms with van der Waals surface area (Å²) in [4.78, 5) is 12.0. The molecule has 2 rings (SSSR count). The van der Waals surface area contributed by atoms with Gasteiger partial charge in [0.05, 0.1) is 5.69 Å². The molecule has 0 fully saturated rings. The van der Waals surface area contributed by atoms with Crippen molar-refractivity contribution in [1.29, 1.82) is 0 Å². The zero-order valence-electron chi connectivity index (χ0n) is 11.8. The smallest absolute Gasteiger partial charge is 0.187 e. The molecule has 0 radical (unpaired) electrons. The highest BCUT2D eigenvalue weighted by Crippen LogP contribution is 2.19. The fourth-order valence-corrected chi connectivity index (χ4v) is 2.14. The second kappa shape index (κ2) is 6.68. The number of halogens is 2. The van der Waals surface area contributed by atoms with Crippen LogP contribution in [0.1, 0.15) is 21.5 Å². The maximum atomic E-state index is 13.6. The summed E-state index contributed by atoms with van der Waals surface area (Å²) in [5, 5.41) is 2.77. The lowest BCUT2D eigenvalue weighted by Crippen LogP contribution is -1.98. The topological polar surface area (TPSA) is 29.1 Å². The van der Waals surface area contributed by atoms with Crippen molar-refractivity contribution in [2.75, 3.05) is 5.32 Å². The number of hydrogen-bond acceptors (Lipinski definition) is 2. The van der Waals surface area contributed by atoms with Crippen molar-refractivity contribution in [3.63, 3.8) is 0 Å². The lowest BCUT2D eigenvalue weighted by atomic mass is 10.0. The Morgan fingerprint density at radius 2 is 1.90 bits per heavy atom. The molecule has 0 unspecified atom stereocenters. The van der Waals surface area contributed by atoms with E-state index in [9.17, 15) is 9.18 Å². The Bertz CT molecular complexity index is 710. The van der Waals surface area contributed by atoms with Crippen molar-refractivity contribution in [3.05, 3.63) is 75.7 Å². The molecule has 0 aliphatic rings. The highest BCUT2D eigenvalue weighted by atomic mass is 79.9. The molecule has 2 aromatic carbocycles. The number of ketones is 1. The SMILES string of the molecule is Cc1ccc(C(=O)/C=C/Nc2ccc(Br)cc2F)cc1C. The van der Waals surface area contributed by atoms with Crippen molar-refractivity contribution in [3.8, 4) is 0 Å². The van der Waals surface area contributed by atoms with Crippen LogP contribution >= 0.6 is 15.9 Å². The minimum absolute atomic E-state index is 0.122. The summed E-state index contributed by atoms with van der Waals surface area (Å²) in [6.07, 6.45) is 2.84. The number of carbonyl (C=O) groups is 1. The van der Waals surface area contributed by atoms with E-state index < -0.39 is 0 Å². The first-order valence-electron chi connectivity index (χ1n) is 6.47. The van der Waals surface area contributed by atoms with Gasteiger partial charge in [-0.1, -0.05) is 28.1 Å². The number of carbonyl (C=O) groups excluding carboxylic acids is 1. The number of rotatable bonds is 4. The molecule has 0 heterocycles. The minimum atomic E-state index is -0.382. The Kier molecular flexibility index (Phi) is 4.91. The van der Waals surface area contributed by atoms with E-state index in [-0.39, 0.29) is 11.6 Å². The lowest BCUT2D eigenvalue weighted by Gasteiger charge is -2.04. The summed E-state index contributed by atoms with van der Waals surface area (Å²) in [6.45, 7) is 3.96. The monoisotopic (exact) mass is 347 g/mol. The zero-order chi connectivity index (χ0) is 15.4. The van der Waals surface area contributed by atoms with E-state index in [0.717, 1.165) is 11.1 Å². The van der Waals surface area contributed by atoms with Crippen LogP contribution in [0.3, 0.4) is 0 Å². The molecular formula is C17H15BrFNO. The van der Waals surface area contributed by atoms with Gasteiger partial charge >= 0.3 is 0 Å². The van der Waals surface area contributed by atoms with Crippen LogP contribution in [0.15, 0.2) is 53.1 Å². The molecule has 0 aromatic heterocycles. The molecule has 108 valence electrons. The number of benzene rings is 2. The van der Waals surface area contributed by atoms with Gasteiger partial charge in [-0.15, -0.1) is 0 Å². The highest BCUT2D eigenvalue weighted by Gasteiger charge is 2.04. The molecule has 2 aromatic rings. The van der Waals surface area contributed by atoms with Gasteiger partial charge in [0.1, 0.15) is 5.82 Å². The molecule has 2 nitrogen and oxygen atoms in total. The number of nitrogens with one attached hydrogen (secondary N) is 1. The third-order valence-electron chi connectivity index (χ3n) is 3.20. The summed E-state index contributed by atoms with van der Waals surface area (Å²) in [5.74, 6) is -0.504. The van der Waals surface area contributed by atoms with Crippen molar-refractivity contribution >= 4 is 27.4 Å². The number of anilines is 1. The van der Waals surface area contributed by atoms with Crippen LogP contribution < -0.4 is 5.32 Å². The van der Waals surface area contributed by atoms with Gasteiger partial charge in [-0.25, -0.2) is 4.39 Å². The maximum Gasteiger partial charge on any atom is 0.187 e. The van der Waals surface area contributed by atoms with Gasteiger partial charge in [0.2, 0.25) is 0 Å². The average Bonchev–Trinajstić information content (AvgIpc) is 2.44. The largest absolute Gasteiger partial charge is 0.359 e. The van der Waals surface area contributed by atoms with Crippen LogP contribution in [0.2, 0.25) is 0 Å². The van der Waals surface area contributed by atoms with E-state index in [1.165, 1.54) is 18.3 Å². The van der Waals surface area contributed by atoms with Crippen LogP contribution in [-0.4, -0.2) is 5.78 Å². The Hall–Kier alpha value is -1.94. The standard InChI is InChI=1S/C17H15BrFNO/c1-11-3-4-13(9-12(11)2)17(21)7-8-20-16-6-5-14(18)10-15(16)19/h3-10,20H,1-2H3/b8-7+. The predicted octanol–water partition coefficient (Wildman–Crippen LogP) is 5.01. The van der Waals surface area contributed by atoms with E-state index in [0.29, 0.717) is 15.7 Å². The third kappa shape index (κ3) is 4.02. The van der Waals surface area contributed by atoms with E-state index in [1.807, 2.05) is 26.0 Å². The van der Waals surface area contributed by atoms with Gasteiger partial charge < -0.3 is 5.32 Å². The highest BCUT2D eigenvalue weighted by molar-refractivity contribution is 9.10. The second-order valence-electron chi connectivity index (χ2n) is 4.77. The van der Waals surface area contributed by atoms with Crippen molar-refractivity contribution in [2.45, 2.75) is 13.8 Å². The quantitative estimate of drug-likeness (QED) is 0.621. The Morgan fingerprint density at radius 3 is 2.57 bits per heavy atom. The zero-order valence-corrected chi connectivity index (χ0v) is 13.4. The summed E-state index contributed by atoms with van der Waals surface area (Å²) in [6, 6.07) is 10.2. The second-order valence-corrected chi connectivity index (χ2v) is 5.68. The predicted molar refractivity (Wildman–Crippen MR) is 87.1 cm³/mol. The molecular weight excluding hydrogens is 333 g/mol. The first kappa shape index (κ1) is 15.4. The molecule has 0 amide bonds. The normalized spacial score (nSPS) is 10.9. The number of allylic oxidation sites excluding steroid dienone is 1. The Morgan fingerprint density at radius 1 is 1.14 bits per heavy atom. The lowest BCUT2D eigenvalue weighted by molar-refractivity contribution is 0.104. The molecule has 21 heavy (non-hydrogen) atoms. The average molecular weight is 348 g/mol.